The first-order chi connectivity index (χ1) is 17.9. The van der Waals surface area contributed by atoms with Crippen LogP contribution in [-0.2, 0) is 11.3 Å². The Balaban J connectivity index is 1.30. The SMILES string of the molecule is COc1ccccc1-n1nc(COC23CC4CC(CC(C4)C2)C3)c(C(=O)Nc2cccc(C(=O)O)c2)n1. The Morgan fingerprint density at radius 1 is 1.03 bits per heavy atom. The van der Waals surface area contributed by atoms with Gasteiger partial charge in [-0.3, -0.25) is 4.79 Å². The molecule has 4 saturated carbocycles. The van der Waals surface area contributed by atoms with E-state index >= 15 is 0 Å². The number of carbonyl (C=O) groups is 2. The lowest BCUT2D eigenvalue weighted by Crippen LogP contribution is -2.51. The lowest BCUT2D eigenvalue weighted by Gasteiger charge is -2.56. The van der Waals surface area contributed by atoms with Gasteiger partial charge >= 0.3 is 5.97 Å². The quantitative estimate of drug-likeness (QED) is 0.458. The summed E-state index contributed by atoms with van der Waals surface area (Å²) in [6, 6.07) is 13.4. The first-order valence-electron chi connectivity index (χ1n) is 12.8. The fourth-order valence-electron chi connectivity index (χ4n) is 6.86. The average Bonchev–Trinajstić information content (AvgIpc) is 3.31. The topological polar surface area (TPSA) is 116 Å². The molecule has 9 heteroatoms. The predicted molar refractivity (Wildman–Crippen MR) is 135 cm³/mol. The zero-order chi connectivity index (χ0) is 25.6. The number of carboxylic acids is 1. The van der Waals surface area contributed by atoms with Gasteiger partial charge in [0.2, 0.25) is 0 Å². The summed E-state index contributed by atoms with van der Waals surface area (Å²) in [7, 11) is 1.57. The van der Waals surface area contributed by atoms with Crippen molar-refractivity contribution >= 4 is 17.6 Å². The number of carbonyl (C=O) groups excluding carboxylic acids is 1. The molecule has 1 heterocycles. The van der Waals surface area contributed by atoms with Crippen molar-refractivity contribution in [2.24, 2.45) is 17.8 Å². The highest BCUT2D eigenvalue weighted by atomic mass is 16.5. The Kier molecular flexibility index (Phi) is 5.95. The number of carboxylic acid groups (broad SMARTS) is 1. The van der Waals surface area contributed by atoms with Crippen molar-refractivity contribution in [3.8, 4) is 11.4 Å². The highest BCUT2D eigenvalue weighted by Crippen LogP contribution is 2.57. The molecule has 4 fully saturated rings. The van der Waals surface area contributed by atoms with E-state index in [1.807, 2.05) is 18.2 Å². The molecular weight excluding hydrogens is 472 g/mol. The summed E-state index contributed by atoms with van der Waals surface area (Å²) in [6.07, 6.45) is 7.16. The minimum atomic E-state index is -1.07. The number of anilines is 1. The summed E-state index contributed by atoms with van der Waals surface area (Å²) in [5, 5.41) is 21.3. The third-order valence-corrected chi connectivity index (χ3v) is 8.06. The number of aromatic carboxylic acids is 1. The Hall–Kier alpha value is -3.72. The molecule has 1 aromatic heterocycles. The Labute approximate surface area is 214 Å². The normalized spacial score (nSPS) is 25.7. The van der Waals surface area contributed by atoms with Gasteiger partial charge in [0, 0.05) is 5.69 Å². The molecule has 1 amide bonds. The maximum Gasteiger partial charge on any atom is 0.335 e. The second-order valence-corrected chi connectivity index (χ2v) is 10.7. The number of methoxy groups -OCH3 is 1. The fraction of sp³-hybridized carbons (Fsp3) is 0.429. The predicted octanol–water partition coefficient (Wildman–Crippen LogP) is 4.71. The third-order valence-electron chi connectivity index (χ3n) is 8.06. The van der Waals surface area contributed by atoms with Gasteiger partial charge in [-0.2, -0.15) is 0 Å². The number of para-hydroxylation sites is 2. The molecule has 4 bridgehead atoms. The minimum Gasteiger partial charge on any atom is -0.494 e. The van der Waals surface area contributed by atoms with Crippen LogP contribution in [0.2, 0.25) is 0 Å². The molecule has 7 rings (SSSR count). The summed E-state index contributed by atoms with van der Waals surface area (Å²) in [5.74, 6) is 1.24. The lowest BCUT2D eigenvalue weighted by molar-refractivity contribution is -0.169. The summed E-state index contributed by atoms with van der Waals surface area (Å²) in [6.45, 7) is 0.180. The molecule has 3 aromatic rings. The summed E-state index contributed by atoms with van der Waals surface area (Å²) in [5.41, 5.74) is 1.48. The van der Waals surface area contributed by atoms with Crippen LogP contribution in [0.1, 0.15) is 65.1 Å². The van der Waals surface area contributed by atoms with Crippen molar-refractivity contribution in [3.05, 3.63) is 65.5 Å². The van der Waals surface area contributed by atoms with Gasteiger partial charge in [0.15, 0.2) is 5.69 Å². The first kappa shape index (κ1) is 23.7. The van der Waals surface area contributed by atoms with Gasteiger partial charge in [-0.15, -0.1) is 15.0 Å². The number of hydrogen-bond acceptors (Lipinski definition) is 6. The molecule has 192 valence electrons. The van der Waals surface area contributed by atoms with Crippen molar-refractivity contribution in [2.75, 3.05) is 12.4 Å². The fourth-order valence-corrected chi connectivity index (χ4v) is 6.86. The molecule has 0 atom stereocenters. The molecule has 4 aliphatic rings. The number of ether oxygens (including phenoxy) is 2. The van der Waals surface area contributed by atoms with Gasteiger partial charge in [0.05, 0.1) is 24.9 Å². The van der Waals surface area contributed by atoms with Gasteiger partial charge in [-0.05, 0) is 86.6 Å². The number of benzene rings is 2. The zero-order valence-electron chi connectivity index (χ0n) is 20.7. The second kappa shape index (κ2) is 9.30. The van der Waals surface area contributed by atoms with E-state index in [-0.39, 0.29) is 23.5 Å². The molecule has 0 radical (unpaired) electrons. The highest BCUT2D eigenvalue weighted by Gasteiger charge is 2.51. The van der Waals surface area contributed by atoms with Crippen molar-refractivity contribution in [1.29, 1.82) is 0 Å². The minimum absolute atomic E-state index is 0.0841. The van der Waals surface area contributed by atoms with Crippen LogP contribution in [0, 0.1) is 17.8 Å². The number of aromatic nitrogens is 3. The summed E-state index contributed by atoms with van der Waals surface area (Å²) in [4.78, 5) is 26.1. The van der Waals surface area contributed by atoms with Crippen molar-refractivity contribution in [3.63, 3.8) is 0 Å². The van der Waals surface area contributed by atoms with Crippen LogP contribution in [0.4, 0.5) is 5.69 Å². The number of hydrogen-bond donors (Lipinski definition) is 2. The molecule has 0 spiro atoms. The van der Waals surface area contributed by atoms with Crippen LogP contribution in [-0.4, -0.2) is 44.7 Å². The number of nitrogens with one attached hydrogen (secondary N) is 1. The maximum atomic E-state index is 13.4. The number of amides is 1. The molecule has 2 N–H and O–H groups in total. The van der Waals surface area contributed by atoms with E-state index in [2.05, 4.69) is 15.5 Å². The molecule has 0 saturated heterocycles. The van der Waals surface area contributed by atoms with Crippen LogP contribution in [0.15, 0.2) is 48.5 Å². The van der Waals surface area contributed by atoms with E-state index in [1.54, 1.807) is 25.3 Å². The Morgan fingerprint density at radius 2 is 1.73 bits per heavy atom. The number of rotatable bonds is 8. The van der Waals surface area contributed by atoms with Gasteiger partial charge in [-0.1, -0.05) is 18.2 Å². The van der Waals surface area contributed by atoms with Crippen LogP contribution < -0.4 is 10.1 Å². The van der Waals surface area contributed by atoms with Crippen molar-refractivity contribution in [1.82, 2.24) is 15.0 Å². The molecule has 9 nitrogen and oxygen atoms in total. The van der Waals surface area contributed by atoms with E-state index < -0.39 is 11.9 Å². The van der Waals surface area contributed by atoms with Crippen LogP contribution >= 0.6 is 0 Å². The summed E-state index contributed by atoms with van der Waals surface area (Å²) < 4.78 is 12.1. The van der Waals surface area contributed by atoms with Gasteiger partial charge in [0.1, 0.15) is 17.1 Å². The van der Waals surface area contributed by atoms with Gasteiger partial charge < -0.3 is 19.9 Å². The monoisotopic (exact) mass is 502 g/mol. The third kappa shape index (κ3) is 4.59. The van der Waals surface area contributed by atoms with E-state index in [1.165, 1.54) is 36.2 Å². The second-order valence-electron chi connectivity index (χ2n) is 10.7. The first-order valence-corrected chi connectivity index (χ1v) is 12.8. The van der Waals surface area contributed by atoms with Gasteiger partial charge in [-0.25, -0.2) is 4.79 Å². The maximum absolute atomic E-state index is 13.4. The Morgan fingerprint density at radius 3 is 2.41 bits per heavy atom. The Bertz CT molecular complexity index is 1310. The highest BCUT2D eigenvalue weighted by molar-refractivity contribution is 6.04. The van der Waals surface area contributed by atoms with Gasteiger partial charge in [0.25, 0.3) is 5.91 Å². The molecule has 4 aliphatic carbocycles. The van der Waals surface area contributed by atoms with E-state index in [0.717, 1.165) is 37.0 Å². The number of nitrogens with zero attached hydrogens (tertiary/aromatic N) is 3. The van der Waals surface area contributed by atoms with Crippen LogP contribution in [0.5, 0.6) is 5.75 Å². The van der Waals surface area contributed by atoms with E-state index in [9.17, 15) is 14.7 Å². The summed E-state index contributed by atoms with van der Waals surface area (Å²) >= 11 is 0. The van der Waals surface area contributed by atoms with E-state index in [4.69, 9.17) is 9.47 Å². The molecule has 37 heavy (non-hydrogen) atoms. The molecular formula is C28H30N4O5. The lowest BCUT2D eigenvalue weighted by atomic mass is 9.54. The van der Waals surface area contributed by atoms with E-state index in [0.29, 0.717) is 22.8 Å². The molecule has 0 aliphatic heterocycles. The molecule has 2 aromatic carbocycles. The van der Waals surface area contributed by atoms with Crippen molar-refractivity contribution < 1.29 is 24.2 Å². The van der Waals surface area contributed by atoms with Crippen molar-refractivity contribution in [2.45, 2.75) is 50.7 Å². The average molecular weight is 503 g/mol. The van der Waals surface area contributed by atoms with Crippen LogP contribution in [0.3, 0.4) is 0 Å². The zero-order valence-corrected chi connectivity index (χ0v) is 20.7. The molecule has 0 unspecified atom stereocenters. The smallest absolute Gasteiger partial charge is 0.335 e. The standard InChI is InChI=1S/C28H30N4O5/c1-36-24-8-3-2-7-23(24)32-30-22(16-37-28-13-17-9-18(14-28)11-19(10-17)15-28)25(31-32)26(33)29-21-6-4-5-20(12-21)27(34)35/h2-8,12,17-19H,9-11,13-16H2,1H3,(H,29,33)(H,34,35). The van der Waals surface area contributed by atoms with Crippen LogP contribution in [0.25, 0.3) is 5.69 Å². The largest absolute Gasteiger partial charge is 0.494 e.